The summed E-state index contributed by atoms with van der Waals surface area (Å²) in [6.07, 6.45) is 1.65. The summed E-state index contributed by atoms with van der Waals surface area (Å²) in [5.41, 5.74) is 2.33. The smallest absolute Gasteiger partial charge is 0.252 e. The standard InChI is InChI=1S/C22H27N5O2/c1-14(2)27-20-17(12-24-27)16(11-18(25-20)15-9-7-6-8-10-15)21(29)23-13-19(28)26-22(3,4)5/h6-12,14H,13H2,1-5H3,(H,23,29)(H,26,28). The van der Waals surface area contributed by atoms with Gasteiger partial charge in [0.1, 0.15) is 0 Å². The van der Waals surface area contributed by atoms with Gasteiger partial charge >= 0.3 is 0 Å². The monoisotopic (exact) mass is 393 g/mol. The molecule has 0 unspecified atom stereocenters. The SMILES string of the molecule is CC(C)n1ncc2c(C(=O)NCC(=O)NC(C)(C)C)cc(-c3ccccc3)nc21. The zero-order chi connectivity index (χ0) is 21.2. The van der Waals surface area contributed by atoms with E-state index in [-0.39, 0.29) is 29.9 Å². The maximum Gasteiger partial charge on any atom is 0.252 e. The third-order valence-corrected chi connectivity index (χ3v) is 4.29. The van der Waals surface area contributed by atoms with Crippen molar-refractivity contribution in [2.24, 2.45) is 0 Å². The van der Waals surface area contributed by atoms with Crippen molar-refractivity contribution in [3.63, 3.8) is 0 Å². The lowest BCUT2D eigenvalue weighted by Crippen LogP contribution is -2.45. The van der Waals surface area contributed by atoms with E-state index < -0.39 is 0 Å². The summed E-state index contributed by atoms with van der Waals surface area (Å²) in [5.74, 6) is -0.570. The van der Waals surface area contributed by atoms with Crippen LogP contribution in [0.2, 0.25) is 0 Å². The Labute approximate surface area is 170 Å². The Bertz CT molecular complexity index is 1030. The quantitative estimate of drug-likeness (QED) is 0.696. The molecule has 0 aliphatic heterocycles. The molecular weight excluding hydrogens is 366 g/mol. The Morgan fingerprint density at radius 2 is 1.83 bits per heavy atom. The van der Waals surface area contributed by atoms with Crippen molar-refractivity contribution in [2.75, 3.05) is 6.54 Å². The molecule has 0 aliphatic carbocycles. The molecule has 3 rings (SSSR count). The number of carbonyl (C=O) groups is 2. The van der Waals surface area contributed by atoms with Crippen LogP contribution >= 0.6 is 0 Å². The molecule has 29 heavy (non-hydrogen) atoms. The Balaban J connectivity index is 1.97. The van der Waals surface area contributed by atoms with Gasteiger partial charge < -0.3 is 10.6 Å². The summed E-state index contributed by atoms with van der Waals surface area (Å²) in [4.78, 5) is 29.8. The van der Waals surface area contributed by atoms with Gasteiger partial charge in [-0.15, -0.1) is 0 Å². The molecule has 0 radical (unpaired) electrons. The van der Waals surface area contributed by atoms with Crippen LogP contribution in [0.3, 0.4) is 0 Å². The zero-order valence-electron chi connectivity index (χ0n) is 17.5. The molecule has 2 heterocycles. The number of hydrogen-bond donors (Lipinski definition) is 2. The average Bonchev–Trinajstić information content (AvgIpc) is 3.09. The fourth-order valence-corrected chi connectivity index (χ4v) is 3.06. The van der Waals surface area contributed by atoms with Crippen LogP contribution in [0.5, 0.6) is 0 Å². The first-order chi connectivity index (χ1) is 13.7. The number of carbonyl (C=O) groups excluding carboxylic acids is 2. The van der Waals surface area contributed by atoms with E-state index in [9.17, 15) is 9.59 Å². The lowest BCUT2D eigenvalue weighted by molar-refractivity contribution is -0.121. The molecule has 1 aromatic carbocycles. The summed E-state index contributed by atoms with van der Waals surface area (Å²) in [5, 5.41) is 10.6. The van der Waals surface area contributed by atoms with Gasteiger partial charge in [0.05, 0.1) is 29.4 Å². The topological polar surface area (TPSA) is 88.9 Å². The molecule has 0 saturated heterocycles. The van der Waals surface area contributed by atoms with Gasteiger partial charge in [0.2, 0.25) is 5.91 Å². The van der Waals surface area contributed by atoms with Crippen LogP contribution in [-0.2, 0) is 4.79 Å². The maximum absolute atomic E-state index is 12.9. The zero-order valence-corrected chi connectivity index (χ0v) is 17.5. The number of nitrogens with zero attached hydrogens (tertiary/aromatic N) is 3. The van der Waals surface area contributed by atoms with Gasteiger partial charge in [-0.25, -0.2) is 9.67 Å². The number of aromatic nitrogens is 3. The van der Waals surface area contributed by atoms with Crippen LogP contribution < -0.4 is 10.6 Å². The summed E-state index contributed by atoms with van der Waals surface area (Å²) in [7, 11) is 0. The Morgan fingerprint density at radius 1 is 1.14 bits per heavy atom. The Hall–Kier alpha value is -3.22. The molecule has 2 aromatic heterocycles. The largest absolute Gasteiger partial charge is 0.350 e. The van der Waals surface area contributed by atoms with Crippen LogP contribution in [0, 0.1) is 0 Å². The normalized spacial score (nSPS) is 11.7. The predicted octanol–water partition coefficient (Wildman–Crippen LogP) is 3.32. The van der Waals surface area contributed by atoms with E-state index in [0.29, 0.717) is 22.3 Å². The van der Waals surface area contributed by atoms with Crippen molar-refractivity contribution in [2.45, 2.75) is 46.2 Å². The van der Waals surface area contributed by atoms with Crippen LogP contribution in [0.4, 0.5) is 0 Å². The molecule has 2 N–H and O–H groups in total. The number of amides is 2. The maximum atomic E-state index is 12.9. The van der Waals surface area contributed by atoms with Gasteiger partial charge in [0.25, 0.3) is 5.91 Å². The Morgan fingerprint density at radius 3 is 2.45 bits per heavy atom. The van der Waals surface area contributed by atoms with Gasteiger partial charge in [-0.3, -0.25) is 9.59 Å². The molecule has 0 atom stereocenters. The second-order valence-electron chi connectivity index (χ2n) is 8.32. The van der Waals surface area contributed by atoms with E-state index in [2.05, 4.69) is 15.7 Å². The van der Waals surface area contributed by atoms with E-state index in [1.54, 1.807) is 16.9 Å². The molecule has 0 fully saturated rings. The van der Waals surface area contributed by atoms with E-state index in [1.807, 2.05) is 65.0 Å². The highest BCUT2D eigenvalue weighted by atomic mass is 16.2. The number of benzene rings is 1. The van der Waals surface area contributed by atoms with Gasteiger partial charge in [-0.05, 0) is 40.7 Å². The third kappa shape index (κ3) is 4.80. The second kappa shape index (κ2) is 8.03. The predicted molar refractivity (Wildman–Crippen MR) is 114 cm³/mol. The molecule has 7 nitrogen and oxygen atoms in total. The number of pyridine rings is 1. The molecule has 0 bridgehead atoms. The van der Waals surface area contributed by atoms with Crippen molar-refractivity contribution < 1.29 is 9.59 Å². The van der Waals surface area contributed by atoms with Gasteiger partial charge in [-0.2, -0.15) is 5.10 Å². The number of hydrogen-bond acceptors (Lipinski definition) is 4. The van der Waals surface area contributed by atoms with Crippen LogP contribution in [-0.4, -0.2) is 38.7 Å². The van der Waals surface area contributed by atoms with Gasteiger partial charge in [0.15, 0.2) is 5.65 Å². The molecule has 0 aliphatic rings. The van der Waals surface area contributed by atoms with Crippen LogP contribution in [0.25, 0.3) is 22.3 Å². The second-order valence-corrected chi connectivity index (χ2v) is 8.32. The van der Waals surface area contributed by atoms with E-state index in [0.717, 1.165) is 5.56 Å². The first kappa shape index (κ1) is 20.5. The fraction of sp³-hybridized carbons (Fsp3) is 0.364. The summed E-state index contributed by atoms with van der Waals surface area (Å²) >= 11 is 0. The average molecular weight is 393 g/mol. The van der Waals surface area contributed by atoms with Crippen LogP contribution in [0.1, 0.15) is 51.0 Å². The van der Waals surface area contributed by atoms with E-state index in [4.69, 9.17) is 4.98 Å². The van der Waals surface area contributed by atoms with Crippen molar-refractivity contribution in [3.8, 4) is 11.3 Å². The summed E-state index contributed by atoms with van der Waals surface area (Å²) in [6, 6.07) is 11.5. The minimum absolute atomic E-state index is 0.0968. The summed E-state index contributed by atoms with van der Waals surface area (Å²) in [6.45, 7) is 9.61. The lowest BCUT2D eigenvalue weighted by atomic mass is 10.1. The number of rotatable bonds is 5. The molecule has 152 valence electrons. The van der Waals surface area contributed by atoms with Gasteiger partial charge in [-0.1, -0.05) is 30.3 Å². The third-order valence-electron chi connectivity index (χ3n) is 4.29. The first-order valence-electron chi connectivity index (χ1n) is 9.68. The molecular formula is C22H27N5O2. The molecule has 3 aromatic rings. The van der Waals surface area contributed by atoms with Gasteiger partial charge in [0, 0.05) is 17.1 Å². The van der Waals surface area contributed by atoms with Crippen molar-refractivity contribution in [3.05, 3.63) is 48.2 Å². The highest BCUT2D eigenvalue weighted by Crippen LogP contribution is 2.26. The van der Waals surface area contributed by atoms with Crippen molar-refractivity contribution in [1.82, 2.24) is 25.4 Å². The summed E-state index contributed by atoms with van der Waals surface area (Å²) < 4.78 is 1.80. The molecule has 2 amide bonds. The number of nitrogens with one attached hydrogen (secondary N) is 2. The highest BCUT2D eigenvalue weighted by Gasteiger charge is 2.20. The van der Waals surface area contributed by atoms with Crippen molar-refractivity contribution in [1.29, 1.82) is 0 Å². The molecule has 0 spiro atoms. The van der Waals surface area contributed by atoms with Crippen molar-refractivity contribution >= 4 is 22.8 Å². The minimum atomic E-state index is -0.357. The van der Waals surface area contributed by atoms with E-state index >= 15 is 0 Å². The lowest BCUT2D eigenvalue weighted by Gasteiger charge is -2.20. The van der Waals surface area contributed by atoms with E-state index in [1.165, 1.54) is 0 Å². The fourth-order valence-electron chi connectivity index (χ4n) is 3.06. The highest BCUT2D eigenvalue weighted by molar-refractivity contribution is 6.07. The Kier molecular flexibility index (Phi) is 5.68. The number of fused-ring (bicyclic) bond motifs is 1. The van der Waals surface area contributed by atoms with Crippen LogP contribution in [0.15, 0.2) is 42.6 Å². The minimum Gasteiger partial charge on any atom is -0.350 e. The first-order valence-corrected chi connectivity index (χ1v) is 9.68. The molecule has 7 heteroatoms. The molecule has 0 saturated carbocycles.